The first kappa shape index (κ1) is 18.9. The van der Waals surface area contributed by atoms with Crippen molar-refractivity contribution in [3.05, 3.63) is 84.2 Å². The summed E-state index contributed by atoms with van der Waals surface area (Å²) >= 11 is 0. The number of fused-ring (bicyclic) bond motifs is 1. The molecule has 0 saturated heterocycles. The van der Waals surface area contributed by atoms with E-state index in [9.17, 15) is 13.2 Å². The van der Waals surface area contributed by atoms with Gasteiger partial charge in [0, 0.05) is 24.5 Å². The molecule has 0 saturated carbocycles. The molecule has 2 aromatic carbocycles. The highest BCUT2D eigenvalue weighted by molar-refractivity contribution is 5.85. The van der Waals surface area contributed by atoms with E-state index >= 15 is 0 Å². The average Bonchev–Trinajstić information content (AvgIpc) is 3.05. The lowest BCUT2D eigenvalue weighted by Gasteiger charge is -2.10. The first-order chi connectivity index (χ1) is 12.5. The molecule has 2 aromatic rings. The van der Waals surface area contributed by atoms with Gasteiger partial charge >= 0.3 is 6.18 Å². The summed E-state index contributed by atoms with van der Waals surface area (Å²) in [6, 6.07) is 16.7. The van der Waals surface area contributed by atoms with Crippen molar-refractivity contribution in [1.29, 1.82) is 0 Å². The van der Waals surface area contributed by atoms with Gasteiger partial charge in [0.25, 0.3) is 0 Å². The Labute approximate surface area is 160 Å². The molecule has 3 nitrogen and oxygen atoms in total. The Balaban J connectivity index is 0.00000210. The molecule has 0 radical (unpaired) electrons. The van der Waals surface area contributed by atoms with Crippen LogP contribution in [0.3, 0.4) is 0 Å². The maximum Gasteiger partial charge on any atom is 0.416 e. The first-order valence-corrected chi connectivity index (χ1v) is 8.04. The van der Waals surface area contributed by atoms with Gasteiger partial charge in [0.15, 0.2) is 5.82 Å². The third kappa shape index (κ3) is 4.11. The minimum atomic E-state index is -4.32. The molecule has 0 aliphatic carbocycles. The summed E-state index contributed by atoms with van der Waals surface area (Å²) in [5.41, 5.74) is 2.62. The Morgan fingerprint density at radius 3 is 2.15 bits per heavy atom. The van der Waals surface area contributed by atoms with Crippen LogP contribution in [0.15, 0.2) is 73.1 Å². The zero-order valence-corrected chi connectivity index (χ0v) is 14.8. The van der Waals surface area contributed by atoms with Crippen LogP contribution in [0, 0.1) is 0 Å². The van der Waals surface area contributed by atoms with Crippen LogP contribution in [-0.2, 0) is 12.7 Å². The number of nitrogens with zero attached hydrogens (tertiary/aromatic N) is 3. The maximum absolute atomic E-state index is 12.6. The Morgan fingerprint density at radius 1 is 0.815 bits per heavy atom. The Bertz CT molecular complexity index is 995. The van der Waals surface area contributed by atoms with E-state index in [1.165, 1.54) is 12.1 Å². The third-order valence-electron chi connectivity index (χ3n) is 4.11. The number of benzene rings is 2. The molecule has 2 heterocycles. The SMILES string of the molecule is Cl.FC(F)(F)c1ccc(Cn2ccc3nc(-c4ccccc4)nc-3c2)cc1. The molecular formula is C20H15ClF3N3. The zero-order chi connectivity index (χ0) is 18.1. The van der Waals surface area contributed by atoms with Crippen molar-refractivity contribution >= 4 is 12.4 Å². The van der Waals surface area contributed by atoms with Gasteiger partial charge in [-0.2, -0.15) is 13.2 Å². The van der Waals surface area contributed by atoms with Gasteiger partial charge in [0.1, 0.15) is 5.69 Å². The zero-order valence-electron chi connectivity index (χ0n) is 14.0. The van der Waals surface area contributed by atoms with Gasteiger partial charge in [-0.25, -0.2) is 9.97 Å². The summed E-state index contributed by atoms with van der Waals surface area (Å²) in [6.45, 7) is 0.460. The van der Waals surface area contributed by atoms with Crippen LogP contribution in [0.4, 0.5) is 13.2 Å². The minimum absolute atomic E-state index is 0. The second-order valence-corrected chi connectivity index (χ2v) is 6.00. The summed E-state index contributed by atoms with van der Waals surface area (Å²) < 4.78 is 39.8. The van der Waals surface area contributed by atoms with Crippen LogP contribution in [-0.4, -0.2) is 14.5 Å². The van der Waals surface area contributed by atoms with Gasteiger partial charge in [-0.1, -0.05) is 42.5 Å². The van der Waals surface area contributed by atoms with Gasteiger partial charge in [-0.3, -0.25) is 0 Å². The van der Waals surface area contributed by atoms with Crippen LogP contribution in [0.1, 0.15) is 11.1 Å². The number of halogens is 4. The van der Waals surface area contributed by atoms with Gasteiger partial charge in [0.05, 0.1) is 11.3 Å². The predicted octanol–water partition coefficient (Wildman–Crippen LogP) is 5.54. The highest BCUT2D eigenvalue weighted by Crippen LogP contribution is 2.29. The number of rotatable bonds is 3. The Morgan fingerprint density at radius 2 is 1.48 bits per heavy atom. The van der Waals surface area contributed by atoms with Crippen LogP contribution in [0.25, 0.3) is 22.8 Å². The van der Waals surface area contributed by atoms with E-state index in [0.717, 1.165) is 34.6 Å². The molecule has 0 fully saturated rings. The second kappa shape index (κ2) is 7.40. The Kier molecular flexibility index (Phi) is 5.19. The van der Waals surface area contributed by atoms with E-state index in [1.54, 1.807) is 0 Å². The normalized spacial score (nSPS) is 11.4. The molecule has 0 amide bonds. The monoisotopic (exact) mass is 389 g/mol. The molecule has 0 atom stereocenters. The highest BCUT2D eigenvalue weighted by atomic mass is 35.5. The quantitative estimate of drug-likeness (QED) is 0.460. The summed E-state index contributed by atoms with van der Waals surface area (Å²) in [5, 5.41) is 0. The van der Waals surface area contributed by atoms with E-state index in [4.69, 9.17) is 0 Å². The molecule has 2 aliphatic rings. The molecule has 4 rings (SSSR count). The van der Waals surface area contributed by atoms with E-state index in [1.807, 2.05) is 53.4 Å². The smallest absolute Gasteiger partial charge is 0.348 e. The average molecular weight is 390 g/mol. The van der Waals surface area contributed by atoms with Crippen molar-refractivity contribution in [3.8, 4) is 22.8 Å². The molecule has 7 heteroatoms. The number of imidazole rings is 1. The second-order valence-electron chi connectivity index (χ2n) is 6.00. The van der Waals surface area contributed by atoms with Crippen molar-refractivity contribution in [3.63, 3.8) is 0 Å². The maximum atomic E-state index is 12.6. The minimum Gasteiger partial charge on any atom is -0.348 e. The molecule has 0 spiro atoms. The lowest BCUT2D eigenvalue weighted by molar-refractivity contribution is -0.137. The van der Waals surface area contributed by atoms with Gasteiger partial charge in [-0.05, 0) is 23.8 Å². The molecule has 0 unspecified atom stereocenters. The lowest BCUT2D eigenvalue weighted by Crippen LogP contribution is -2.05. The van der Waals surface area contributed by atoms with Crippen LogP contribution in [0.5, 0.6) is 0 Å². The largest absolute Gasteiger partial charge is 0.416 e. The van der Waals surface area contributed by atoms with E-state index in [0.29, 0.717) is 12.4 Å². The Hall–Kier alpha value is -2.86. The molecule has 0 bridgehead atoms. The number of pyridine rings is 1. The summed E-state index contributed by atoms with van der Waals surface area (Å²) in [5.74, 6) is 0.660. The number of alkyl halides is 3. The lowest BCUT2D eigenvalue weighted by atomic mass is 10.1. The van der Waals surface area contributed by atoms with E-state index < -0.39 is 11.7 Å². The van der Waals surface area contributed by atoms with E-state index in [-0.39, 0.29) is 12.4 Å². The summed E-state index contributed by atoms with van der Waals surface area (Å²) in [4.78, 5) is 9.07. The topological polar surface area (TPSA) is 30.7 Å². The number of hydrogen-bond acceptors (Lipinski definition) is 2. The summed E-state index contributed by atoms with van der Waals surface area (Å²) in [6.07, 6.45) is -0.612. The van der Waals surface area contributed by atoms with Crippen molar-refractivity contribution in [1.82, 2.24) is 14.5 Å². The van der Waals surface area contributed by atoms with Gasteiger partial charge in [0.2, 0.25) is 0 Å². The van der Waals surface area contributed by atoms with Crippen LogP contribution >= 0.6 is 12.4 Å². The number of hydrogen-bond donors (Lipinski definition) is 0. The molecule has 2 aliphatic heterocycles. The molecule has 27 heavy (non-hydrogen) atoms. The van der Waals surface area contributed by atoms with Crippen molar-refractivity contribution < 1.29 is 13.2 Å². The van der Waals surface area contributed by atoms with Crippen LogP contribution < -0.4 is 0 Å². The van der Waals surface area contributed by atoms with Crippen molar-refractivity contribution in [2.24, 2.45) is 0 Å². The first-order valence-electron chi connectivity index (χ1n) is 8.04. The molecular weight excluding hydrogens is 375 g/mol. The predicted molar refractivity (Wildman–Crippen MR) is 99.9 cm³/mol. The van der Waals surface area contributed by atoms with Crippen molar-refractivity contribution in [2.45, 2.75) is 12.7 Å². The van der Waals surface area contributed by atoms with E-state index in [2.05, 4.69) is 9.97 Å². The van der Waals surface area contributed by atoms with Crippen molar-refractivity contribution in [2.75, 3.05) is 0 Å². The fourth-order valence-corrected chi connectivity index (χ4v) is 2.78. The van der Waals surface area contributed by atoms with Crippen LogP contribution in [0.2, 0.25) is 0 Å². The van der Waals surface area contributed by atoms with Gasteiger partial charge < -0.3 is 4.57 Å². The molecule has 0 aromatic heterocycles. The fraction of sp³-hybridized carbons (Fsp3) is 0.100. The van der Waals surface area contributed by atoms with Gasteiger partial charge in [-0.15, -0.1) is 12.4 Å². The standard InChI is InChI=1S/C20H14F3N3.ClH/c21-20(22,23)16-8-6-14(7-9-16)12-26-11-10-17-18(13-26)25-19(24-17)15-4-2-1-3-5-15;/h1-11,13H,12H2;1H. The number of aromatic nitrogens is 3. The third-order valence-corrected chi connectivity index (χ3v) is 4.11. The fourth-order valence-electron chi connectivity index (χ4n) is 2.78. The summed E-state index contributed by atoms with van der Waals surface area (Å²) in [7, 11) is 0. The molecule has 0 N–H and O–H groups in total. The highest BCUT2D eigenvalue weighted by Gasteiger charge is 2.29. The molecule has 138 valence electrons.